The van der Waals surface area contributed by atoms with Gasteiger partial charge in [0, 0.05) is 26.2 Å². The maximum Gasteiger partial charge on any atom is 0.241 e. The first-order valence-electron chi connectivity index (χ1n) is 6.31. The Hall–Kier alpha value is -1.88. The molecule has 19 heavy (non-hydrogen) atoms. The van der Waals surface area contributed by atoms with Gasteiger partial charge in [0.2, 0.25) is 11.8 Å². The third kappa shape index (κ3) is 4.37. The van der Waals surface area contributed by atoms with Gasteiger partial charge in [0.05, 0.1) is 6.04 Å². The van der Waals surface area contributed by atoms with Crippen molar-refractivity contribution in [1.29, 1.82) is 0 Å². The summed E-state index contributed by atoms with van der Waals surface area (Å²) in [5.41, 5.74) is 7.27. The van der Waals surface area contributed by atoms with Crippen LogP contribution in [0.25, 0.3) is 0 Å². The van der Waals surface area contributed by atoms with Crippen LogP contribution < -0.4 is 11.1 Å². The van der Waals surface area contributed by atoms with Crippen LogP contribution in [0, 0.1) is 0 Å². The number of amides is 2. The van der Waals surface area contributed by atoms with Crippen molar-refractivity contribution in [3.05, 3.63) is 29.8 Å². The lowest BCUT2D eigenvalue weighted by Gasteiger charge is -2.18. The summed E-state index contributed by atoms with van der Waals surface area (Å²) in [6, 6.07) is 6.89. The molecule has 0 aliphatic carbocycles. The van der Waals surface area contributed by atoms with E-state index in [2.05, 4.69) is 5.32 Å². The van der Waals surface area contributed by atoms with E-state index in [0.717, 1.165) is 5.56 Å². The fourth-order valence-electron chi connectivity index (χ4n) is 1.56. The predicted molar refractivity (Wildman–Crippen MR) is 75.5 cm³/mol. The summed E-state index contributed by atoms with van der Waals surface area (Å²) in [7, 11) is 1.72. The molecule has 0 aromatic heterocycles. The van der Waals surface area contributed by atoms with Gasteiger partial charge in [-0.2, -0.15) is 0 Å². The Bertz CT molecular complexity index is 460. The monoisotopic (exact) mass is 263 g/mol. The van der Waals surface area contributed by atoms with Gasteiger partial charge in [-0.05, 0) is 18.1 Å². The highest BCUT2D eigenvalue weighted by atomic mass is 16.2. The van der Waals surface area contributed by atoms with Gasteiger partial charge < -0.3 is 16.0 Å². The molecule has 1 unspecified atom stereocenters. The lowest BCUT2D eigenvalue weighted by atomic mass is 10.1. The smallest absolute Gasteiger partial charge is 0.241 e. The van der Waals surface area contributed by atoms with Gasteiger partial charge in [-0.1, -0.05) is 25.1 Å². The summed E-state index contributed by atoms with van der Waals surface area (Å²) in [6.07, 6.45) is 0.585. The van der Waals surface area contributed by atoms with Gasteiger partial charge in [0.1, 0.15) is 0 Å². The summed E-state index contributed by atoms with van der Waals surface area (Å²) in [4.78, 5) is 24.6. The van der Waals surface area contributed by atoms with Crippen LogP contribution in [0.2, 0.25) is 0 Å². The average Bonchev–Trinajstić information content (AvgIpc) is 2.39. The molecule has 1 aromatic carbocycles. The van der Waals surface area contributed by atoms with Crippen molar-refractivity contribution >= 4 is 17.5 Å². The molecule has 1 aromatic rings. The number of anilines is 1. The molecule has 5 heteroatoms. The summed E-state index contributed by atoms with van der Waals surface area (Å²) < 4.78 is 0. The number of benzene rings is 1. The molecular weight excluding hydrogens is 242 g/mol. The number of carbonyl (C=O) groups is 2. The first kappa shape index (κ1) is 15.2. The number of hydrogen-bond acceptors (Lipinski definition) is 3. The van der Waals surface area contributed by atoms with Crippen molar-refractivity contribution in [1.82, 2.24) is 4.90 Å². The van der Waals surface area contributed by atoms with E-state index in [1.54, 1.807) is 11.9 Å². The average molecular weight is 263 g/mol. The minimum atomic E-state index is -0.515. The highest BCUT2D eigenvalue weighted by molar-refractivity contribution is 5.95. The van der Waals surface area contributed by atoms with Gasteiger partial charge in [-0.15, -0.1) is 0 Å². The zero-order chi connectivity index (χ0) is 14.4. The maximum absolute atomic E-state index is 11.8. The molecule has 104 valence electrons. The van der Waals surface area contributed by atoms with Gasteiger partial charge in [-0.25, -0.2) is 0 Å². The lowest BCUT2D eigenvalue weighted by Crippen LogP contribution is -2.35. The Labute approximate surface area is 113 Å². The molecule has 1 atom stereocenters. The van der Waals surface area contributed by atoms with Crippen LogP contribution in [-0.4, -0.2) is 29.8 Å². The molecule has 3 N–H and O–H groups in total. The number of nitrogens with two attached hydrogens (primary N) is 1. The van der Waals surface area contributed by atoms with E-state index in [-0.39, 0.29) is 11.8 Å². The third-order valence-electron chi connectivity index (χ3n) is 3.00. The van der Waals surface area contributed by atoms with Crippen LogP contribution in [0.4, 0.5) is 5.69 Å². The highest BCUT2D eigenvalue weighted by Gasteiger charge is 2.14. The zero-order valence-electron chi connectivity index (χ0n) is 11.6. The van der Waals surface area contributed by atoms with Gasteiger partial charge >= 0.3 is 0 Å². The number of para-hydroxylation sites is 1. The molecule has 0 heterocycles. The van der Waals surface area contributed by atoms with E-state index in [1.807, 2.05) is 31.2 Å². The second-order valence-corrected chi connectivity index (χ2v) is 4.54. The van der Waals surface area contributed by atoms with Crippen LogP contribution in [0.1, 0.15) is 25.8 Å². The Morgan fingerprint density at radius 2 is 2.00 bits per heavy atom. The summed E-state index contributed by atoms with van der Waals surface area (Å²) in [5.74, 6) is -0.230. The summed E-state index contributed by atoms with van der Waals surface area (Å²) in [5, 5.41) is 2.80. The lowest BCUT2D eigenvalue weighted by molar-refractivity contribution is -0.128. The molecule has 5 nitrogen and oxygen atoms in total. The minimum absolute atomic E-state index is 0.0219. The first-order chi connectivity index (χ1) is 8.95. The van der Waals surface area contributed by atoms with Crippen molar-refractivity contribution in [2.75, 3.05) is 12.4 Å². The zero-order valence-corrected chi connectivity index (χ0v) is 11.6. The maximum atomic E-state index is 11.8. The molecule has 0 aliphatic rings. The standard InChI is InChI=1S/C14H21N3O2/c1-4-12(15)14(19)16-13-8-6-5-7-11(13)9-17(3)10(2)18/h5-8,12H,4,9,15H2,1-3H3,(H,16,19). The normalized spacial score (nSPS) is 11.8. The number of nitrogens with zero attached hydrogens (tertiary/aromatic N) is 1. The van der Waals surface area contributed by atoms with E-state index in [0.29, 0.717) is 18.7 Å². The Morgan fingerprint density at radius 1 is 1.37 bits per heavy atom. The number of hydrogen-bond donors (Lipinski definition) is 2. The van der Waals surface area contributed by atoms with E-state index in [1.165, 1.54) is 6.92 Å². The van der Waals surface area contributed by atoms with Crippen LogP contribution in [0.5, 0.6) is 0 Å². The second kappa shape index (κ2) is 6.89. The van der Waals surface area contributed by atoms with E-state index < -0.39 is 6.04 Å². The van der Waals surface area contributed by atoms with Crippen LogP contribution in [-0.2, 0) is 16.1 Å². The van der Waals surface area contributed by atoms with Gasteiger partial charge in [0.25, 0.3) is 0 Å². The van der Waals surface area contributed by atoms with Crippen LogP contribution in [0.15, 0.2) is 24.3 Å². The molecule has 1 rings (SSSR count). The molecule has 2 amide bonds. The largest absolute Gasteiger partial charge is 0.342 e. The SMILES string of the molecule is CCC(N)C(=O)Nc1ccccc1CN(C)C(C)=O. The molecule has 0 fully saturated rings. The van der Waals surface area contributed by atoms with E-state index in [9.17, 15) is 9.59 Å². The summed E-state index contributed by atoms with van der Waals surface area (Å²) in [6.45, 7) is 3.82. The van der Waals surface area contributed by atoms with Crippen molar-refractivity contribution in [3.63, 3.8) is 0 Å². The van der Waals surface area contributed by atoms with Gasteiger partial charge in [-0.3, -0.25) is 9.59 Å². The molecule has 0 aliphatic heterocycles. The van der Waals surface area contributed by atoms with Crippen molar-refractivity contribution in [2.24, 2.45) is 5.73 Å². The number of carbonyl (C=O) groups excluding carboxylic acids is 2. The second-order valence-electron chi connectivity index (χ2n) is 4.54. The molecular formula is C14H21N3O2. The minimum Gasteiger partial charge on any atom is -0.342 e. The third-order valence-corrected chi connectivity index (χ3v) is 3.00. The van der Waals surface area contributed by atoms with E-state index in [4.69, 9.17) is 5.73 Å². The fraction of sp³-hybridized carbons (Fsp3) is 0.429. The van der Waals surface area contributed by atoms with Gasteiger partial charge in [0.15, 0.2) is 0 Å². The molecule has 0 saturated carbocycles. The predicted octanol–water partition coefficient (Wildman–Crippen LogP) is 1.34. The number of rotatable bonds is 5. The Balaban J connectivity index is 2.84. The van der Waals surface area contributed by atoms with Crippen LogP contribution in [0.3, 0.4) is 0 Å². The Kier molecular flexibility index (Phi) is 5.51. The van der Waals surface area contributed by atoms with Crippen molar-refractivity contribution in [3.8, 4) is 0 Å². The molecule has 0 spiro atoms. The fourth-order valence-corrected chi connectivity index (χ4v) is 1.56. The summed E-state index contributed by atoms with van der Waals surface area (Å²) >= 11 is 0. The van der Waals surface area contributed by atoms with E-state index >= 15 is 0 Å². The van der Waals surface area contributed by atoms with Crippen molar-refractivity contribution in [2.45, 2.75) is 32.9 Å². The molecule has 0 bridgehead atoms. The topological polar surface area (TPSA) is 75.4 Å². The first-order valence-corrected chi connectivity index (χ1v) is 6.31. The quantitative estimate of drug-likeness (QED) is 0.841. The molecule has 0 radical (unpaired) electrons. The number of nitrogens with one attached hydrogen (secondary N) is 1. The van der Waals surface area contributed by atoms with Crippen LogP contribution >= 0.6 is 0 Å². The highest BCUT2D eigenvalue weighted by Crippen LogP contribution is 2.17. The molecule has 0 saturated heterocycles. The Morgan fingerprint density at radius 3 is 2.58 bits per heavy atom. The van der Waals surface area contributed by atoms with Crippen molar-refractivity contribution < 1.29 is 9.59 Å².